The Morgan fingerprint density at radius 3 is 2.58 bits per heavy atom. The van der Waals surface area contributed by atoms with Gasteiger partial charge >= 0.3 is 5.97 Å². The van der Waals surface area contributed by atoms with Gasteiger partial charge in [-0.1, -0.05) is 22.8 Å². The number of carboxylic acids is 1. The van der Waals surface area contributed by atoms with Crippen LogP contribution in [0.1, 0.15) is 71.8 Å². The molecule has 7 nitrogen and oxygen atoms in total. The number of nitrogens with zero attached hydrogens (tertiary/aromatic N) is 3. The number of aromatic carboxylic acids is 1. The molecule has 0 amide bonds. The fraction of sp³-hybridized carbons (Fsp3) is 0.444. The standard InChI is InChI=1S/C27H27ClFN3O4/c1-14-19(27(33)34)9-10-23(30-14)32-16-7-8-17(32)12-18(11-16)35-13-20-25(31-36-26(20)15-5-6-15)24-21(28)3-2-4-22(24)29/h2-4,9-10,15-18H,5-8,11-13H2,1H3,(H,33,34). The predicted molar refractivity (Wildman–Crippen MR) is 132 cm³/mol. The Kier molecular flexibility index (Phi) is 5.96. The highest BCUT2D eigenvalue weighted by Crippen LogP contribution is 2.46. The summed E-state index contributed by atoms with van der Waals surface area (Å²) in [4.78, 5) is 18.3. The highest BCUT2D eigenvalue weighted by atomic mass is 35.5. The zero-order valence-electron chi connectivity index (χ0n) is 19.9. The Morgan fingerprint density at radius 2 is 1.94 bits per heavy atom. The number of anilines is 1. The Bertz CT molecular complexity index is 1290. The third-order valence-electron chi connectivity index (χ3n) is 7.69. The van der Waals surface area contributed by atoms with Gasteiger partial charge < -0.3 is 19.3 Å². The van der Waals surface area contributed by atoms with Crippen LogP contribution in [-0.4, -0.2) is 39.4 Å². The molecule has 2 atom stereocenters. The van der Waals surface area contributed by atoms with Crippen molar-refractivity contribution in [3.05, 3.63) is 63.8 Å². The molecule has 2 aliphatic heterocycles. The average Bonchev–Trinajstić information content (AvgIpc) is 3.55. The first-order chi connectivity index (χ1) is 17.4. The first kappa shape index (κ1) is 23.4. The van der Waals surface area contributed by atoms with Crippen LogP contribution in [0.2, 0.25) is 5.02 Å². The number of rotatable bonds is 7. The number of fused-ring (bicyclic) bond motifs is 2. The van der Waals surface area contributed by atoms with E-state index in [0.29, 0.717) is 28.9 Å². The van der Waals surface area contributed by atoms with Crippen molar-refractivity contribution in [3.63, 3.8) is 0 Å². The van der Waals surface area contributed by atoms with Crippen molar-refractivity contribution < 1.29 is 23.6 Å². The van der Waals surface area contributed by atoms with Crippen LogP contribution in [0.5, 0.6) is 0 Å². The third kappa shape index (κ3) is 4.16. The van der Waals surface area contributed by atoms with Crippen molar-refractivity contribution in [1.29, 1.82) is 0 Å². The molecule has 188 valence electrons. The van der Waals surface area contributed by atoms with Crippen molar-refractivity contribution in [2.75, 3.05) is 4.90 Å². The number of benzene rings is 1. The van der Waals surface area contributed by atoms with Gasteiger partial charge in [0.15, 0.2) is 0 Å². The summed E-state index contributed by atoms with van der Waals surface area (Å²) in [5.41, 5.74) is 2.24. The summed E-state index contributed by atoms with van der Waals surface area (Å²) < 4.78 is 26.8. The Hall–Kier alpha value is -2.97. The van der Waals surface area contributed by atoms with Gasteiger partial charge in [0.25, 0.3) is 0 Å². The van der Waals surface area contributed by atoms with Crippen LogP contribution in [0.4, 0.5) is 10.2 Å². The van der Waals surface area contributed by atoms with Gasteiger partial charge in [0, 0.05) is 23.6 Å². The van der Waals surface area contributed by atoms with Gasteiger partial charge in [-0.3, -0.25) is 0 Å². The van der Waals surface area contributed by atoms with E-state index in [1.165, 1.54) is 6.07 Å². The molecular formula is C27H27ClFN3O4. The van der Waals surface area contributed by atoms with Gasteiger partial charge in [0.2, 0.25) is 0 Å². The lowest BCUT2D eigenvalue weighted by Gasteiger charge is -2.39. The van der Waals surface area contributed by atoms with Gasteiger partial charge in [0.1, 0.15) is 23.1 Å². The van der Waals surface area contributed by atoms with Crippen LogP contribution in [0.3, 0.4) is 0 Å². The summed E-state index contributed by atoms with van der Waals surface area (Å²) in [5.74, 6) is 0.522. The van der Waals surface area contributed by atoms with E-state index in [9.17, 15) is 14.3 Å². The van der Waals surface area contributed by atoms with E-state index in [2.05, 4.69) is 15.0 Å². The number of piperidine rings is 1. The zero-order valence-corrected chi connectivity index (χ0v) is 20.7. The maximum Gasteiger partial charge on any atom is 0.337 e. The maximum atomic E-state index is 14.7. The van der Waals surface area contributed by atoms with Crippen LogP contribution in [0.25, 0.3) is 11.3 Å². The topological polar surface area (TPSA) is 88.7 Å². The van der Waals surface area contributed by atoms with Crippen LogP contribution in [0.15, 0.2) is 34.9 Å². The number of hydrogen-bond acceptors (Lipinski definition) is 6. The molecule has 1 aromatic carbocycles. The zero-order chi connectivity index (χ0) is 25.0. The molecule has 1 saturated carbocycles. The number of pyridine rings is 1. The summed E-state index contributed by atoms with van der Waals surface area (Å²) in [6.07, 6.45) is 5.88. The molecule has 0 spiro atoms. The molecule has 3 aromatic rings. The Morgan fingerprint density at radius 1 is 1.19 bits per heavy atom. The van der Waals surface area contributed by atoms with Crippen molar-refractivity contribution in [2.45, 2.75) is 76.2 Å². The van der Waals surface area contributed by atoms with E-state index in [-0.39, 0.29) is 29.3 Å². The molecular weight excluding hydrogens is 485 g/mol. The van der Waals surface area contributed by atoms with Crippen LogP contribution >= 0.6 is 11.6 Å². The average molecular weight is 512 g/mol. The smallest absolute Gasteiger partial charge is 0.337 e. The molecule has 2 unspecified atom stereocenters. The molecule has 6 rings (SSSR count). The van der Waals surface area contributed by atoms with Crippen molar-refractivity contribution in [2.24, 2.45) is 0 Å². The fourth-order valence-electron chi connectivity index (χ4n) is 5.80. The molecule has 36 heavy (non-hydrogen) atoms. The predicted octanol–water partition coefficient (Wildman–Crippen LogP) is 6.13. The Labute approximate surface area is 213 Å². The van der Waals surface area contributed by atoms with Gasteiger partial charge in [-0.25, -0.2) is 14.2 Å². The van der Waals surface area contributed by atoms with Crippen LogP contribution in [0, 0.1) is 12.7 Å². The van der Waals surface area contributed by atoms with E-state index in [1.807, 2.05) is 6.07 Å². The molecule has 2 aromatic heterocycles. The van der Waals surface area contributed by atoms with E-state index < -0.39 is 11.8 Å². The minimum atomic E-state index is -0.961. The fourth-order valence-corrected chi connectivity index (χ4v) is 6.06. The number of carboxylic acid groups (broad SMARTS) is 1. The first-order valence-electron chi connectivity index (χ1n) is 12.4. The number of halogens is 2. The molecule has 2 bridgehead atoms. The summed E-state index contributed by atoms with van der Waals surface area (Å²) in [6.45, 7) is 2.03. The molecule has 3 fully saturated rings. The molecule has 1 aliphatic carbocycles. The minimum Gasteiger partial charge on any atom is -0.478 e. The van der Waals surface area contributed by atoms with Crippen molar-refractivity contribution >= 4 is 23.4 Å². The minimum absolute atomic E-state index is 0.0454. The molecule has 1 N–H and O–H groups in total. The second-order valence-corrected chi connectivity index (χ2v) is 10.5. The number of aryl methyl sites for hydroxylation is 1. The van der Waals surface area contributed by atoms with Crippen LogP contribution < -0.4 is 4.90 Å². The normalized spacial score (nSPS) is 23.3. The van der Waals surface area contributed by atoms with Gasteiger partial charge in [-0.2, -0.15) is 0 Å². The number of carbonyl (C=O) groups is 1. The maximum absolute atomic E-state index is 14.7. The molecule has 3 aliphatic rings. The van der Waals surface area contributed by atoms with Gasteiger partial charge in [0.05, 0.1) is 34.6 Å². The molecule has 9 heteroatoms. The second kappa shape index (κ2) is 9.16. The SMILES string of the molecule is Cc1nc(N2C3CCC2CC(OCc2c(-c4c(F)cccc4Cl)noc2C2CC2)C3)ccc1C(=O)O. The lowest BCUT2D eigenvalue weighted by molar-refractivity contribution is 0.0146. The lowest BCUT2D eigenvalue weighted by Crippen LogP contribution is -2.46. The van der Waals surface area contributed by atoms with E-state index in [4.69, 9.17) is 20.9 Å². The van der Waals surface area contributed by atoms with E-state index in [1.54, 1.807) is 25.1 Å². The number of aromatic nitrogens is 2. The molecule has 2 saturated heterocycles. The number of ether oxygens (including phenoxy) is 1. The lowest BCUT2D eigenvalue weighted by atomic mass is 9.99. The highest BCUT2D eigenvalue weighted by Gasteiger charge is 2.42. The first-order valence-corrected chi connectivity index (χ1v) is 12.8. The van der Waals surface area contributed by atoms with E-state index in [0.717, 1.165) is 55.7 Å². The quantitative estimate of drug-likeness (QED) is 0.408. The second-order valence-electron chi connectivity index (χ2n) is 10.0. The monoisotopic (exact) mass is 511 g/mol. The summed E-state index contributed by atoms with van der Waals surface area (Å²) in [6, 6.07) is 8.62. The third-order valence-corrected chi connectivity index (χ3v) is 8.00. The van der Waals surface area contributed by atoms with Gasteiger partial charge in [-0.05, 0) is 69.7 Å². The van der Waals surface area contributed by atoms with Crippen molar-refractivity contribution in [1.82, 2.24) is 10.1 Å². The largest absolute Gasteiger partial charge is 0.478 e. The Balaban J connectivity index is 1.20. The molecule has 4 heterocycles. The van der Waals surface area contributed by atoms with E-state index >= 15 is 0 Å². The summed E-state index contributed by atoms with van der Waals surface area (Å²) in [5, 5.41) is 13.8. The van der Waals surface area contributed by atoms with Gasteiger partial charge in [-0.15, -0.1) is 0 Å². The van der Waals surface area contributed by atoms with Crippen LogP contribution in [-0.2, 0) is 11.3 Å². The number of hydrogen-bond donors (Lipinski definition) is 1. The van der Waals surface area contributed by atoms with Crippen molar-refractivity contribution in [3.8, 4) is 11.3 Å². The molecule has 0 radical (unpaired) electrons. The summed E-state index contributed by atoms with van der Waals surface area (Å²) >= 11 is 6.34. The highest BCUT2D eigenvalue weighted by molar-refractivity contribution is 6.33. The summed E-state index contributed by atoms with van der Waals surface area (Å²) in [7, 11) is 0.